The SMILES string of the molecule is O=C(NCC(O)CN1CCc2ccccc2C1)c1cc(NC2CNC2)nc(N2CCC2)n1. The van der Waals surface area contributed by atoms with Crippen LogP contribution in [0.15, 0.2) is 30.3 Å². The maximum Gasteiger partial charge on any atom is 0.270 e. The highest BCUT2D eigenvalue weighted by molar-refractivity contribution is 5.93. The van der Waals surface area contributed by atoms with Crippen LogP contribution in [-0.2, 0) is 13.0 Å². The molecule has 0 spiro atoms. The molecule has 2 saturated heterocycles. The first-order valence-corrected chi connectivity index (χ1v) is 11.5. The average molecular weight is 438 g/mol. The third kappa shape index (κ3) is 4.85. The Morgan fingerprint density at radius 1 is 1.19 bits per heavy atom. The van der Waals surface area contributed by atoms with Crippen molar-refractivity contribution in [3.8, 4) is 0 Å². The summed E-state index contributed by atoms with van der Waals surface area (Å²) in [5.41, 5.74) is 3.03. The number of aliphatic hydroxyl groups is 1. The van der Waals surface area contributed by atoms with Crippen molar-refractivity contribution in [3.05, 3.63) is 47.2 Å². The molecule has 32 heavy (non-hydrogen) atoms. The van der Waals surface area contributed by atoms with Gasteiger partial charge in [-0.25, -0.2) is 4.98 Å². The summed E-state index contributed by atoms with van der Waals surface area (Å²) in [6, 6.07) is 10.5. The highest BCUT2D eigenvalue weighted by Gasteiger charge is 2.24. The number of nitrogens with one attached hydrogen (secondary N) is 3. The second-order valence-corrected chi connectivity index (χ2v) is 8.90. The van der Waals surface area contributed by atoms with Gasteiger partial charge in [-0.1, -0.05) is 24.3 Å². The van der Waals surface area contributed by atoms with E-state index >= 15 is 0 Å². The number of rotatable bonds is 8. The van der Waals surface area contributed by atoms with Gasteiger partial charge in [0.15, 0.2) is 0 Å². The molecule has 0 saturated carbocycles. The van der Waals surface area contributed by atoms with Gasteiger partial charge < -0.3 is 26.0 Å². The van der Waals surface area contributed by atoms with Crippen LogP contribution in [-0.4, -0.2) is 83.8 Å². The lowest BCUT2D eigenvalue weighted by Crippen LogP contribution is -2.51. The Morgan fingerprint density at radius 2 is 2.00 bits per heavy atom. The van der Waals surface area contributed by atoms with Crippen molar-refractivity contribution in [3.63, 3.8) is 0 Å². The third-order valence-electron chi connectivity index (χ3n) is 6.40. The van der Waals surface area contributed by atoms with Gasteiger partial charge in [0.1, 0.15) is 11.5 Å². The highest BCUT2D eigenvalue weighted by atomic mass is 16.3. The van der Waals surface area contributed by atoms with E-state index in [-0.39, 0.29) is 12.5 Å². The van der Waals surface area contributed by atoms with Crippen molar-refractivity contribution in [2.75, 3.05) is 56.0 Å². The van der Waals surface area contributed by atoms with Crippen molar-refractivity contribution < 1.29 is 9.90 Å². The molecule has 0 radical (unpaired) electrons. The van der Waals surface area contributed by atoms with Crippen LogP contribution in [0.25, 0.3) is 0 Å². The van der Waals surface area contributed by atoms with Gasteiger partial charge in [-0.05, 0) is 24.0 Å². The lowest BCUT2D eigenvalue weighted by Gasteiger charge is -2.32. The number of fused-ring (bicyclic) bond motifs is 1. The van der Waals surface area contributed by atoms with E-state index in [4.69, 9.17) is 0 Å². The van der Waals surface area contributed by atoms with Crippen LogP contribution >= 0.6 is 0 Å². The van der Waals surface area contributed by atoms with Crippen LogP contribution in [0.1, 0.15) is 28.0 Å². The van der Waals surface area contributed by atoms with Crippen molar-refractivity contribution >= 4 is 17.7 Å². The molecule has 1 aromatic heterocycles. The summed E-state index contributed by atoms with van der Waals surface area (Å²) in [6.07, 6.45) is 1.46. The summed E-state index contributed by atoms with van der Waals surface area (Å²) in [6.45, 7) is 6.06. The molecule has 9 nitrogen and oxygen atoms in total. The molecule has 1 aromatic carbocycles. The van der Waals surface area contributed by atoms with Gasteiger partial charge in [0, 0.05) is 58.4 Å². The fourth-order valence-corrected chi connectivity index (χ4v) is 4.26. The second-order valence-electron chi connectivity index (χ2n) is 8.90. The molecule has 2 aromatic rings. The molecule has 4 heterocycles. The predicted molar refractivity (Wildman–Crippen MR) is 123 cm³/mol. The number of amides is 1. The van der Waals surface area contributed by atoms with Gasteiger partial charge in [0.2, 0.25) is 5.95 Å². The highest BCUT2D eigenvalue weighted by Crippen LogP contribution is 2.20. The minimum Gasteiger partial charge on any atom is -0.390 e. The fourth-order valence-electron chi connectivity index (χ4n) is 4.26. The Hall–Kier alpha value is -2.75. The van der Waals surface area contributed by atoms with E-state index < -0.39 is 6.10 Å². The Morgan fingerprint density at radius 3 is 2.72 bits per heavy atom. The number of hydrogen-bond donors (Lipinski definition) is 4. The van der Waals surface area contributed by atoms with E-state index in [1.165, 1.54) is 11.1 Å². The molecule has 4 N–H and O–H groups in total. The van der Waals surface area contributed by atoms with E-state index in [0.29, 0.717) is 30.0 Å². The summed E-state index contributed by atoms with van der Waals surface area (Å²) < 4.78 is 0. The van der Waals surface area contributed by atoms with Crippen LogP contribution in [0, 0.1) is 0 Å². The Bertz CT molecular complexity index is 961. The average Bonchev–Trinajstić information content (AvgIpc) is 2.73. The van der Waals surface area contributed by atoms with Crippen LogP contribution in [0.3, 0.4) is 0 Å². The second kappa shape index (κ2) is 9.40. The van der Waals surface area contributed by atoms with Gasteiger partial charge >= 0.3 is 0 Å². The van der Waals surface area contributed by atoms with E-state index in [2.05, 4.69) is 60.0 Å². The summed E-state index contributed by atoms with van der Waals surface area (Å²) in [7, 11) is 0. The van der Waals surface area contributed by atoms with E-state index in [9.17, 15) is 9.90 Å². The van der Waals surface area contributed by atoms with Crippen LogP contribution in [0.5, 0.6) is 0 Å². The lowest BCUT2D eigenvalue weighted by molar-refractivity contribution is 0.0838. The van der Waals surface area contributed by atoms with E-state index in [1.807, 2.05) is 0 Å². The normalized spacial score (nSPS) is 19.5. The molecule has 1 unspecified atom stereocenters. The minimum atomic E-state index is -0.639. The van der Waals surface area contributed by atoms with Crippen molar-refractivity contribution in [1.29, 1.82) is 0 Å². The number of hydrogen-bond acceptors (Lipinski definition) is 8. The summed E-state index contributed by atoms with van der Waals surface area (Å²) in [5, 5.41) is 20.0. The van der Waals surface area contributed by atoms with Crippen molar-refractivity contribution in [2.24, 2.45) is 0 Å². The van der Waals surface area contributed by atoms with Crippen LogP contribution < -0.4 is 20.9 Å². The molecular formula is C23H31N7O2. The topological polar surface area (TPSA) is 106 Å². The largest absolute Gasteiger partial charge is 0.390 e. The molecule has 170 valence electrons. The number of nitrogens with zero attached hydrogens (tertiary/aromatic N) is 4. The maximum atomic E-state index is 12.8. The number of carbonyl (C=O) groups is 1. The monoisotopic (exact) mass is 437 g/mol. The Kier molecular flexibility index (Phi) is 6.20. The Labute approximate surface area is 188 Å². The fraction of sp³-hybridized carbons (Fsp3) is 0.522. The number of benzene rings is 1. The lowest BCUT2D eigenvalue weighted by atomic mass is 10.00. The molecule has 2 fully saturated rings. The van der Waals surface area contributed by atoms with Crippen molar-refractivity contribution in [1.82, 2.24) is 25.5 Å². The molecule has 1 atom stereocenters. The summed E-state index contributed by atoms with van der Waals surface area (Å²) in [5.74, 6) is 0.976. The molecule has 1 amide bonds. The van der Waals surface area contributed by atoms with Gasteiger partial charge in [-0.2, -0.15) is 4.98 Å². The van der Waals surface area contributed by atoms with Crippen molar-refractivity contribution in [2.45, 2.75) is 31.5 Å². The first-order chi connectivity index (χ1) is 15.6. The molecule has 5 rings (SSSR count). The smallest absolute Gasteiger partial charge is 0.270 e. The number of aromatic nitrogens is 2. The minimum absolute atomic E-state index is 0.190. The van der Waals surface area contributed by atoms with Gasteiger partial charge in [-0.3, -0.25) is 9.69 Å². The van der Waals surface area contributed by atoms with Gasteiger partial charge in [0.25, 0.3) is 5.91 Å². The molecule has 9 heteroatoms. The van der Waals surface area contributed by atoms with E-state index in [1.54, 1.807) is 6.07 Å². The number of carbonyl (C=O) groups excluding carboxylic acids is 1. The quantitative estimate of drug-likeness (QED) is 0.465. The zero-order chi connectivity index (χ0) is 21.9. The molecule has 0 aliphatic carbocycles. The first kappa shape index (κ1) is 21.1. The van der Waals surface area contributed by atoms with Gasteiger partial charge in [-0.15, -0.1) is 0 Å². The Balaban J connectivity index is 1.17. The van der Waals surface area contributed by atoms with Crippen LogP contribution in [0.4, 0.5) is 11.8 Å². The number of anilines is 2. The zero-order valence-electron chi connectivity index (χ0n) is 18.3. The molecule has 0 bridgehead atoms. The van der Waals surface area contributed by atoms with Crippen LogP contribution in [0.2, 0.25) is 0 Å². The number of β-amino-alcohol motifs (C(OH)–C–C–N with tert-alkyl or cyclic N) is 1. The van der Waals surface area contributed by atoms with Gasteiger partial charge in [0.05, 0.1) is 12.1 Å². The zero-order valence-corrected chi connectivity index (χ0v) is 18.3. The summed E-state index contributed by atoms with van der Waals surface area (Å²) >= 11 is 0. The first-order valence-electron chi connectivity index (χ1n) is 11.5. The predicted octanol–water partition coefficient (Wildman–Crippen LogP) is 0.219. The summed E-state index contributed by atoms with van der Waals surface area (Å²) in [4.78, 5) is 26.2. The van der Waals surface area contributed by atoms with E-state index in [0.717, 1.165) is 52.1 Å². The number of aliphatic hydroxyl groups excluding tert-OH is 1. The standard InChI is InChI=1S/C23H31N7O2/c31-19(15-29-9-6-16-4-1-2-5-17(16)14-29)13-25-22(32)20-10-21(26-18-11-24-12-18)28-23(27-20)30-7-3-8-30/h1-2,4-5,10,18-19,24,31H,3,6-9,11-15H2,(H,25,32)(H,26,27,28). The third-order valence-corrected chi connectivity index (χ3v) is 6.40. The molecule has 3 aliphatic rings. The molecule has 3 aliphatic heterocycles. The maximum absolute atomic E-state index is 12.8. The molecular weight excluding hydrogens is 406 g/mol.